The summed E-state index contributed by atoms with van der Waals surface area (Å²) in [5.74, 6) is -3.29. The molecule has 2 aliphatic rings. The summed E-state index contributed by atoms with van der Waals surface area (Å²) in [4.78, 5) is 56.8. The van der Waals surface area contributed by atoms with E-state index in [1.54, 1.807) is 56.3 Å². The first-order valence-electron chi connectivity index (χ1n) is 13.1. The fourth-order valence-corrected chi connectivity index (χ4v) is 5.67. The number of rotatable bonds is 10. The van der Waals surface area contributed by atoms with E-state index in [-0.39, 0.29) is 29.0 Å². The Kier molecular flexibility index (Phi) is 9.43. The zero-order chi connectivity index (χ0) is 29.0. The fraction of sp³-hybridized carbons (Fsp3) is 0.367. The zero-order valence-electron chi connectivity index (χ0n) is 22.5. The number of imide groups is 1. The molecule has 2 aliphatic heterocycles. The molecule has 40 heavy (non-hydrogen) atoms. The van der Waals surface area contributed by atoms with E-state index >= 15 is 0 Å². The van der Waals surface area contributed by atoms with E-state index in [0.29, 0.717) is 52.5 Å². The van der Waals surface area contributed by atoms with Crippen molar-refractivity contribution in [3.8, 4) is 0 Å². The molecule has 2 amide bonds. The summed E-state index contributed by atoms with van der Waals surface area (Å²) in [6.45, 7) is 3.90. The van der Waals surface area contributed by atoms with Crippen LogP contribution in [0.2, 0.25) is 10.0 Å². The van der Waals surface area contributed by atoms with Gasteiger partial charge in [-0.25, -0.2) is 4.79 Å². The number of fused-ring (bicyclic) bond motifs is 1. The van der Waals surface area contributed by atoms with Gasteiger partial charge >= 0.3 is 11.9 Å². The third kappa shape index (κ3) is 5.83. The van der Waals surface area contributed by atoms with Crippen LogP contribution in [0.1, 0.15) is 71.7 Å². The van der Waals surface area contributed by atoms with Crippen molar-refractivity contribution in [1.29, 1.82) is 0 Å². The number of amides is 2. The minimum Gasteiger partial charge on any atom is -0.468 e. The first-order chi connectivity index (χ1) is 19.2. The molecule has 2 heterocycles. The fourth-order valence-electron chi connectivity index (χ4n) is 5.24. The number of allylic oxidation sites excluding steroid dienone is 1. The average molecular weight is 585 g/mol. The van der Waals surface area contributed by atoms with Gasteiger partial charge in [0, 0.05) is 23.9 Å². The first kappa shape index (κ1) is 29.5. The second kappa shape index (κ2) is 12.8. The van der Waals surface area contributed by atoms with Gasteiger partial charge in [-0.05, 0) is 56.9 Å². The maximum atomic E-state index is 13.3. The van der Waals surface area contributed by atoms with Crippen LogP contribution >= 0.6 is 23.2 Å². The number of hydrogen-bond acceptors (Lipinski definition) is 7. The van der Waals surface area contributed by atoms with Crippen molar-refractivity contribution in [2.45, 2.75) is 45.4 Å². The third-order valence-electron chi connectivity index (χ3n) is 7.21. The SMILES string of the molecule is COC(=O)C1C(C)=NC(C)=C(C(=O)OCCCCCCN2C(=O)c3ccccc3C2=O)C1c1cccc(Cl)c1Cl. The molecule has 4 rings (SSSR count). The molecule has 0 bridgehead atoms. The quantitative estimate of drug-likeness (QED) is 0.192. The molecule has 8 nitrogen and oxygen atoms in total. The van der Waals surface area contributed by atoms with E-state index in [0.717, 1.165) is 12.8 Å². The number of carbonyl (C=O) groups is 4. The van der Waals surface area contributed by atoms with Gasteiger partial charge in [0.1, 0.15) is 5.92 Å². The number of nitrogens with zero attached hydrogens (tertiary/aromatic N) is 2. The van der Waals surface area contributed by atoms with Crippen molar-refractivity contribution < 1.29 is 28.7 Å². The number of hydrogen-bond donors (Lipinski definition) is 0. The van der Waals surface area contributed by atoms with E-state index in [9.17, 15) is 19.2 Å². The minimum atomic E-state index is -0.866. The molecule has 0 aliphatic carbocycles. The second-order valence-electron chi connectivity index (χ2n) is 9.73. The highest BCUT2D eigenvalue weighted by atomic mass is 35.5. The lowest BCUT2D eigenvalue weighted by molar-refractivity contribution is -0.144. The van der Waals surface area contributed by atoms with E-state index in [2.05, 4.69) is 4.99 Å². The second-order valence-corrected chi connectivity index (χ2v) is 10.5. The molecule has 210 valence electrons. The lowest BCUT2D eigenvalue weighted by Crippen LogP contribution is -2.36. The molecule has 0 radical (unpaired) electrons. The number of ether oxygens (including phenoxy) is 2. The van der Waals surface area contributed by atoms with Crippen molar-refractivity contribution in [3.63, 3.8) is 0 Å². The monoisotopic (exact) mass is 584 g/mol. The molecule has 0 spiro atoms. The Bertz CT molecular complexity index is 1380. The Morgan fingerprint density at radius 3 is 2.23 bits per heavy atom. The normalized spacial score (nSPS) is 18.5. The van der Waals surface area contributed by atoms with Gasteiger partial charge in [0.25, 0.3) is 11.8 Å². The number of halogens is 2. The molecule has 0 fully saturated rings. The summed E-state index contributed by atoms with van der Waals surface area (Å²) < 4.78 is 10.6. The summed E-state index contributed by atoms with van der Waals surface area (Å²) >= 11 is 12.8. The van der Waals surface area contributed by atoms with Gasteiger partial charge in [-0.1, -0.05) is 53.9 Å². The lowest BCUT2D eigenvalue weighted by atomic mass is 9.75. The van der Waals surface area contributed by atoms with Gasteiger partial charge in [0.05, 0.1) is 40.5 Å². The molecule has 2 aromatic carbocycles. The molecule has 2 aromatic rings. The molecule has 10 heteroatoms. The van der Waals surface area contributed by atoms with E-state index in [4.69, 9.17) is 32.7 Å². The summed E-state index contributed by atoms with van der Waals surface area (Å²) in [5, 5.41) is 0.545. The van der Waals surface area contributed by atoms with Gasteiger partial charge in [0.2, 0.25) is 0 Å². The number of methoxy groups -OCH3 is 1. The number of aliphatic imine (C=N–C) groups is 1. The number of esters is 2. The smallest absolute Gasteiger partial charge is 0.336 e. The van der Waals surface area contributed by atoms with Crippen molar-refractivity contribution in [2.75, 3.05) is 20.3 Å². The topological polar surface area (TPSA) is 102 Å². The summed E-state index contributed by atoms with van der Waals surface area (Å²) in [6.07, 6.45) is 2.72. The molecule has 0 aromatic heterocycles. The molecular weight excluding hydrogens is 555 g/mol. The van der Waals surface area contributed by atoms with Crippen LogP contribution in [0, 0.1) is 5.92 Å². The first-order valence-corrected chi connectivity index (χ1v) is 13.8. The Labute approximate surface area is 242 Å². The molecular formula is C30H30Cl2N2O6. The van der Waals surface area contributed by atoms with Crippen LogP contribution in [-0.4, -0.2) is 54.6 Å². The molecule has 0 saturated heterocycles. The average Bonchev–Trinajstić information content (AvgIpc) is 3.18. The standard InChI is InChI=1S/C30H30Cl2N2O6/c1-17-23(29(37)39-3)25(21-13-10-14-22(31)26(21)32)24(18(2)33-17)30(38)40-16-9-5-4-8-15-34-27(35)19-11-6-7-12-20(19)28(34)36/h6-7,10-14,23,25H,4-5,8-9,15-16H2,1-3H3. The van der Waals surface area contributed by atoms with Crippen molar-refractivity contribution in [1.82, 2.24) is 4.90 Å². The van der Waals surface area contributed by atoms with E-state index < -0.39 is 23.8 Å². The number of unbranched alkanes of at least 4 members (excludes halogenated alkanes) is 3. The lowest BCUT2D eigenvalue weighted by Gasteiger charge is -2.32. The van der Waals surface area contributed by atoms with Crippen LogP contribution in [0.4, 0.5) is 0 Å². The van der Waals surface area contributed by atoms with E-state index in [1.807, 2.05) is 0 Å². The minimum absolute atomic E-state index is 0.157. The molecule has 0 saturated carbocycles. The Hall–Kier alpha value is -3.49. The molecule has 0 N–H and O–H groups in total. The Balaban J connectivity index is 1.35. The van der Waals surface area contributed by atoms with Crippen LogP contribution in [0.5, 0.6) is 0 Å². The van der Waals surface area contributed by atoms with Crippen LogP contribution in [0.15, 0.2) is 58.7 Å². The predicted molar refractivity (Wildman–Crippen MR) is 152 cm³/mol. The summed E-state index contributed by atoms with van der Waals surface area (Å²) in [5.41, 5.74) is 2.56. The maximum Gasteiger partial charge on any atom is 0.336 e. The Morgan fingerprint density at radius 1 is 0.925 bits per heavy atom. The third-order valence-corrected chi connectivity index (χ3v) is 8.04. The van der Waals surface area contributed by atoms with Gasteiger partial charge in [-0.2, -0.15) is 0 Å². The van der Waals surface area contributed by atoms with Crippen molar-refractivity contribution in [3.05, 3.63) is 80.5 Å². The summed E-state index contributed by atoms with van der Waals surface area (Å²) in [6, 6.07) is 11.9. The van der Waals surface area contributed by atoms with Crippen LogP contribution in [0.3, 0.4) is 0 Å². The largest absolute Gasteiger partial charge is 0.468 e. The van der Waals surface area contributed by atoms with Crippen LogP contribution in [-0.2, 0) is 19.1 Å². The van der Waals surface area contributed by atoms with Gasteiger partial charge in [-0.15, -0.1) is 0 Å². The molecule has 2 atom stereocenters. The Morgan fingerprint density at radius 2 is 1.57 bits per heavy atom. The van der Waals surface area contributed by atoms with Crippen LogP contribution in [0.25, 0.3) is 0 Å². The molecule has 2 unspecified atom stereocenters. The summed E-state index contributed by atoms with van der Waals surface area (Å²) in [7, 11) is 1.28. The number of carbonyl (C=O) groups excluding carboxylic acids is 4. The predicted octanol–water partition coefficient (Wildman–Crippen LogP) is 6.01. The number of benzene rings is 2. The van der Waals surface area contributed by atoms with Crippen LogP contribution < -0.4 is 0 Å². The van der Waals surface area contributed by atoms with Gasteiger partial charge in [0.15, 0.2) is 0 Å². The van der Waals surface area contributed by atoms with E-state index in [1.165, 1.54) is 12.0 Å². The van der Waals surface area contributed by atoms with Gasteiger partial charge in [-0.3, -0.25) is 24.3 Å². The maximum absolute atomic E-state index is 13.3. The van der Waals surface area contributed by atoms with Crippen molar-refractivity contribution >= 4 is 52.7 Å². The van der Waals surface area contributed by atoms with Crippen molar-refractivity contribution in [2.24, 2.45) is 10.9 Å². The highest BCUT2D eigenvalue weighted by Gasteiger charge is 2.43. The van der Waals surface area contributed by atoms with Gasteiger partial charge < -0.3 is 9.47 Å². The highest BCUT2D eigenvalue weighted by molar-refractivity contribution is 6.42. The zero-order valence-corrected chi connectivity index (χ0v) is 24.1. The highest BCUT2D eigenvalue weighted by Crippen LogP contribution is 2.44.